The van der Waals surface area contributed by atoms with Gasteiger partial charge in [0.15, 0.2) is 4.77 Å². The Balaban J connectivity index is 1.84. The van der Waals surface area contributed by atoms with Gasteiger partial charge in [-0.25, -0.2) is 4.68 Å². The zero-order chi connectivity index (χ0) is 17.8. The van der Waals surface area contributed by atoms with Gasteiger partial charge < -0.3 is 10.3 Å². The molecule has 2 aromatic rings. The normalized spacial score (nSPS) is 18.4. The zero-order valence-electron chi connectivity index (χ0n) is 14.6. The molecule has 134 valence electrons. The van der Waals surface area contributed by atoms with Crippen molar-refractivity contribution in [2.45, 2.75) is 51.9 Å². The molecule has 0 radical (unpaired) electrons. The van der Waals surface area contributed by atoms with E-state index in [2.05, 4.69) is 28.5 Å². The van der Waals surface area contributed by atoms with E-state index in [9.17, 15) is 4.79 Å². The van der Waals surface area contributed by atoms with Gasteiger partial charge in [-0.15, -0.1) is 0 Å². The Kier molecular flexibility index (Phi) is 5.65. The van der Waals surface area contributed by atoms with E-state index in [1.54, 1.807) is 0 Å². The zero-order valence-corrected chi connectivity index (χ0v) is 15.4. The van der Waals surface area contributed by atoms with Crippen molar-refractivity contribution in [1.82, 2.24) is 19.2 Å². The summed E-state index contributed by atoms with van der Waals surface area (Å²) in [5, 5.41) is 4.75. The third-order valence-corrected chi connectivity index (χ3v) is 5.21. The Morgan fingerprint density at radius 2 is 2.08 bits per heavy atom. The number of rotatable bonds is 6. The molecule has 0 unspecified atom stereocenters. The topological polar surface area (TPSA) is 69.1 Å². The summed E-state index contributed by atoms with van der Waals surface area (Å²) >= 11 is 5.62. The van der Waals surface area contributed by atoms with Crippen LogP contribution < -0.4 is 5.73 Å². The molecule has 2 N–H and O–H groups in total. The van der Waals surface area contributed by atoms with Gasteiger partial charge in [-0.1, -0.05) is 36.8 Å². The van der Waals surface area contributed by atoms with Gasteiger partial charge in [0.1, 0.15) is 5.82 Å². The Morgan fingerprint density at radius 1 is 1.32 bits per heavy atom. The maximum atomic E-state index is 11.7. The number of primary amides is 1. The second-order valence-corrected chi connectivity index (χ2v) is 6.84. The van der Waals surface area contributed by atoms with Crippen LogP contribution in [0.15, 0.2) is 30.3 Å². The SMILES string of the molecule is CCn1c(Cc2ccccc2)nn(CN2CCCC[C@@H]2C(N)=O)c1=S. The fourth-order valence-corrected chi connectivity index (χ4v) is 3.79. The second-order valence-electron chi connectivity index (χ2n) is 6.47. The highest BCUT2D eigenvalue weighted by Crippen LogP contribution is 2.18. The highest BCUT2D eigenvalue weighted by Gasteiger charge is 2.27. The lowest BCUT2D eigenvalue weighted by atomic mass is 10.0. The number of benzene rings is 1. The number of hydrogen-bond donors (Lipinski definition) is 1. The lowest BCUT2D eigenvalue weighted by molar-refractivity contribution is -0.125. The van der Waals surface area contributed by atoms with Crippen molar-refractivity contribution < 1.29 is 4.79 Å². The average molecular weight is 359 g/mol. The first-order chi connectivity index (χ1) is 12.1. The molecule has 1 amide bonds. The number of hydrogen-bond acceptors (Lipinski definition) is 4. The first kappa shape index (κ1) is 17.8. The van der Waals surface area contributed by atoms with Crippen LogP contribution >= 0.6 is 12.2 Å². The van der Waals surface area contributed by atoms with Gasteiger partial charge in [-0.2, -0.15) is 5.10 Å². The van der Waals surface area contributed by atoms with Crippen LogP contribution in [-0.2, 0) is 24.4 Å². The van der Waals surface area contributed by atoms with Gasteiger partial charge in [-0.3, -0.25) is 9.69 Å². The molecule has 7 heteroatoms. The summed E-state index contributed by atoms with van der Waals surface area (Å²) in [6, 6.07) is 10.0. The fourth-order valence-electron chi connectivity index (χ4n) is 3.46. The van der Waals surface area contributed by atoms with Crippen molar-refractivity contribution in [2.24, 2.45) is 5.73 Å². The molecule has 6 nitrogen and oxygen atoms in total. The lowest BCUT2D eigenvalue weighted by Gasteiger charge is -2.33. The van der Waals surface area contributed by atoms with Gasteiger partial charge in [0.2, 0.25) is 5.91 Å². The number of aromatic nitrogens is 3. The van der Waals surface area contributed by atoms with E-state index in [0.717, 1.165) is 44.6 Å². The minimum absolute atomic E-state index is 0.222. The standard InChI is InChI=1S/C18H25N5OS/c1-2-22-16(12-14-8-4-3-5-9-14)20-23(18(22)25)13-21-11-7-6-10-15(21)17(19)24/h3-5,8-9,15H,2,6-7,10-13H2,1H3,(H2,19,24)/t15-/m1/s1. The number of piperidine rings is 1. The minimum atomic E-state index is -0.259. The Bertz CT molecular complexity index is 783. The Morgan fingerprint density at radius 3 is 2.76 bits per heavy atom. The number of likely N-dealkylation sites (tertiary alicyclic amines) is 1. The summed E-state index contributed by atoms with van der Waals surface area (Å²) in [5.41, 5.74) is 6.78. The molecule has 1 aromatic heterocycles. The maximum Gasteiger partial charge on any atom is 0.234 e. The van der Waals surface area contributed by atoms with Gasteiger partial charge in [0.05, 0.1) is 12.7 Å². The first-order valence-corrected chi connectivity index (χ1v) is 9.24. The van der Waals surface area contributed by atoms with E-state index in [1.807, 2.05) is 22.9 Å². The van der Waals surface area contributed by atoms with Crippen LogP contribution in [0.25, 0.3) is 0 Å². The molecule has 3 rings (SSSR count). The van der Waals surface area contributed by atoms with E-state index in [4.69, 9.17) is 23.1 Å². The summed E-state index contributed by atoms with van der Waals surface area (Å²) < 4.78 is 4.59. The minimum Gasteiger partial charge on any atom is -0.368 e. The molecule has 1 atom stereocenters. The van der Waals surface area contributed by atoms with Gasteiger partial charge in [0, 0.05) is 19.5 Å². The van der Waals surface area contributed by atoms with Gasteiger partial charge in [-0.05, 0) is 37.5 Å². The van der Waals surface area contributed by atoms with E-state index in [-0.39, 0.29) is 11.9 Å². The van der Waals surface area contributed by atoms with E-state index in [1.165, 1.54) is 5.56 Å². The molecular weight excluding hydrogens is 334 g/mol. The number of carbonyl (C=O) groups excluding carboxylic acids is 1. The molecule has 1 fully saturated rings. The molecule has 0 aliphatic carbocycles. The van der Waals surface area contributed by atoms with Crippen LogP contribution in [-0.4, -0.2) is 37.7 Å². The number of amides is 1. The Hall–Kier alpha value is -1.99. The number of carbonyl (C=O) groups is 1. The first-order valence-electron chi connectivity index (χ1n) is 8.84. The molecule has 1 aromatic carbocycles. The molecule has 1 aliphatic rings. The number of nitrogens with two attached hydrogens (primary N) is 1. The predicted molar refractivity (Wildman–Crippen MR) is 99.5 cm³/mol. The molecule has 1 aliphatic heterocycles. The van der Waals surface area contributed by atoms with Crippen molar-refractivity contribution in [3.8, 4) is 0 Å². The van der Waals surface area contributed by atoms with E-state index in [0.29, 0.717) is 11.4 Å². The van der Waals surface area contributed by atoms with Crippen molar-refractivity contribution in [3.63, 3.8) is 0 Å². The molecule has 0 bridgehead atoms. The molecule has 25 heavy (non-hydrogen) atoms. The summed E-state index contributed by atoms with van der Waals surface area (Å²) in [7, 11) is 0. The fraction of sp³-hybridized carbons (Fsp3) is 0.500. The highest BCUT2D eigenvalue weighted by atomic mass is 32.1. The van der Waals surface area contributed by atoms with Gasteiger partial charge in [0.25, 0.3) is 0 Å². The van der Waals surface area contributed by atoms with Crippen LogP contribution in [0.4, 0.5) is 0 Å². The average Bonchev–Trinajstić information content (AvgIpc) is 2.90. The largest absolute Gasteiger partial charge is 0.368 e. The predicted octanol–water partition coefficient (Wildman–Crippen LogP) is 2.32. The lowest BCUT2D eigenvalue weighted by Crippen LogP contribution is -2.48. The van der Waals surface area contributed by atoms with E-state index < -0.39 is 0 Å². The van der Waals surface area contributed by atoms with Gasteiger partial charge >= 0.3 is 0 Å². The van der Waals surface area contributed by atoms with Crippen LogP contribution in [0.3, 0.4) is 0 Å². The molecule has 0 saturated carbocycles. The molecule has 1 saturated heterocycles. The van der Waals surface area contributed by atoms with Crippen LogP contribution in [0.5, 0.6) is 0 Å². The molecule has 2 heterocycles. The third kappa shape index (κ3) is 3.99. The van der Waals surface area contributed by atoms with Crippen LogP contribution in [0.1, 0.15) is 37.6 Å². The smallest absolute Gasteiger partial charge is 0.234 e. The second kappa shape index (κ2) is 7.93. The monoisotopic (exact) mass is 359 g/mol. The summed E-state index contributed by atoms with van der Waals surface area (Å²) in [6.45, 7) is 4.22. The maximum absolute atomic E-state index is 11.7. The van der Waals surface area contributed by atoms with Crippen LogP contribution in [0.2, 0.25) is 0 Å². The van der Waals surface area contributed by atoms with Crippen molar-refractivity contribution in [3.05, 3.63) is 46.5 Å². The summed E-state index contributed by atoms with van der Waals surface area (Å²) in [5.74, 6) is 0.692. The van der Waals surface area contributed by atoms with Crippen molar-refractivity contribution >= 4 is 18.1 Å². The summed E-state index contributed by atoms with van der Waals surface area (Å²) in [4.78, 5) is 13.8. The van der Waals surface area contributed by atoms with E-state index >= 15 is 0 Å². The molecular formula is C18H25N5OS. The number of nitrogens with zero attached hydrogens (tertiary/aromatic N) is 4. The Labute approximate surface area is 153 Å². The van der Waals surface area contributed by atoms with Crippen molar-refractivity contribution in [1.29, 1.82) is 0 Å². The highest BCUT2D eigenvalue weighted by molar-refractivity contribution is 7.71. The van der Waals surface area contributed by atoms with Crippen LogP contribution in [0, 0.1) is 4.77 Å². The molecule has 0 spiro atoms. The quantitative estimate of drug-likeness (QED) is 0.804. The third-order valence-electron chi connectivity index (χ3n) is 4.78. The summed E-state index contributed by atoms with van der Waals surface area (Å²) in [6.07, 6.45) is 3.67. The van der Waals surface area contributed by atoms with Crippen molar-refractivity contribution in [2.75, 3.05) is 6.54 Å².